The van der Waals surface area contributed by atoms with Gasteiger partial charge in [-0.25, -0.2) is 4.39 Å². The van der Waals surface area contributed by atoms with Crippen molar-refractivity contribution >= 4 is 23.2 Å². The number of halogens is 1. The van der Waals surface area contributed by atoms with Crippen molar-refractivity contribution in [2.45, 2.75) is 27.3 Å². The topological polar surface area (TPSA) is 86.3 Å². The van der Waals surface area contributed by atoms with Crippen LogP contribution in [0.2, 0.25) is 0 Å². The molecule has 0 unspecified atom stereocenters. The SMILES string of the molecule is CCOc1cc(C(=O)Nc2ccc3c(c2)N(Cc2ccccc2F)C(=O)CO3)cc(OCC)c1OCC. The van der Waals surface area contributed by atoms with Crippen LogP contribution < -0.4 is 29.2 Å². The summed E-state index contributed by atoms with van der Waals surface area (Å²) in [5.74, 6) is 0.589. The summed E-state index contributed by atoms with van der Waals surface area (Å²) >= 11 is 0. The van der Waals surface area contributed by atoms with Crippen LogP contribution in [0.25, 0.3) is 0 Å². The van der Waals surface area contributed by atoms with Gasteiger partial charge in [0.2, 0.25) is 5.75 Å². The van der Waals surface area contributed by atoms with E-state index < -0.39 is 11.7 Å². The van der Waals surface area contributed by atoms with Gasteiger partial charge in [-0.15, -0.1) is 0 Å². The molecule has 0 bridgehead atoms. The number of anilines is 2. The Labute approximate surface area is 214 Å². The summed E-state index contributed by atoms with van der Waals surface area (Å²) in [6.07, 6.45) is 0. The van der Waals surface area contributed by atoms with Gasteiger partial charge in [-0.2, -0.15) is 0 Å². The highest BCUT2D eigenvalue weighted by molar-refractivity contribution is 6.06. The zero-order valence-corrected chi connectivity index (χ0v) is 21.0. The lowest BCUT2D eigenvalue weighted by molar-refractivity contribution is -0.121. The number of nitrogens with zero attached hydrogens (tertiary/aromatic N) is 1. The first-order valence-corrected chi connectivity index (χ1v) is 12.1. The van der Waals surface area contributed by atoms with Gasteiger partial charge in [0.1, 0.15) is 11.6 Å². The zero-order chi connectivity index (χ0) is 26.4. The molecule has 3 aromatic carbocycles. The van der Waals surface area contributed by atoms with Crippen molar-refractivity contribution in [3.05, 3.63) is 71.5 Å². The number of fused-ring (bicyclic) bond motifs is 1. The van der Waals surface area contributed by atoms with Crippen molar-refractivity contribution in [3.63, 3.8) is 0 Å². The van der Waals surface area contributed by atoms with Gasteiger partial charge in [0.15, 0.2) is 18.1 Å². The van der Waals surface area contributed by atoms with Crippen LogP contribution in [0, 0.1) is 5.82 Å². The summed E-state index contributed by atoms with van der Waals surface area (Å²) in [7, 11) is 0. The van der Waals surface area contributed by atoms with Crippen LogP contribution in [-0.4, -0.2) is 38.2 Å². The smallest absolute Gasteiger partial charge is 0.265 e. The fourth-order valence-electron chi connectivity index (χ4n) is 3.97. The Morgan fingerprint density at radius 1 is 0.973 bits per heavy atom. The molecule has 1 aliphatic rings. The van der Waals surface area contributed by atoms with Crippen molar-refractivity contribution in [1.29, 1.82) is 0 Å². The van der Waals surface area contributed by atoms with Crippen molar-refractivity contribution in [1.82, 2.24) is 0 Å². The molecule has 37 heavy (non-hydrogen) atoms. The van der Waals surface area contributed by atoms with Gasteiger partial charge in [0, 0.05) is 16.8 Å². The largest absolute Gasteiger partial charge is 0.490 e. The van der Waals surface area contributed by atoms with Gasteiger partial charge in [-0.3, -0.25) is 9.59 Å². The Hall–Kier alpha value is -4.27. The maximum absolute atomic E-state index is 14.3. The van der Waals surface area contributed by atoms with E-state index in [1.165, 1.54) is 11.0 Å². The predicted octanol–water partition coefficient (Wildman–Crippen LogP) is 5.20. The lowest BCUT2D eigenvalue weighted by Gasteiger charge is -2.30. The van der Waals surface area contributed by atoms with E-state index in [-0.39, 0.29) is 19.1 Å². The number of hydrogen-bond donors (Lipinski definition) is 1. The van der Waals surface area contributed by atoms with Gasteiger partial charge in [-0.1, -0.05) is 18.2 Å². The van der Waals surface area contributed by atoms with Crippen LogP contribution in [0.4, 0.5) is 15.8 Å². The second-order valence-corrected chi connectivity index (χ2v) is 8.10. The van der Waals surface area contributed by atoms with E-state index >= 15 is 0 Å². The minimum atomic E-state index is -0.409. The Morgan fingerprint density at radius 2 is 1.65 bits per heavy atom. The Morgan fingerprint density at radius 3 is 2.30 bits per heavy atom. The molecule has 0 atom stereocenters. The van der Waals surface area contributed by atoms with Gasteiger partial charge < -0.3 is 29.2 Å². The lowest BCUT2D eigenvalue weighted by Crippen LogP contribution is -2.38. The third-order valence-electron chi connectivity index (χ3n) is 5.62. The molecule has 0 saturated carbocycles. The molecule has 0 radical (unpaired) electrons. The molecule has 4 rings (SSSR count). The first-order chi connectivity index (χ1) is 17.9. The van der Waals surface area contributed by atoms with Crippen molar-refractivity contribution in [2.75, 3.05) is 36.6 Å². The zero-order valence-electron chi connectivity index (χ0n) is 21.0. The highest BCUT2D eigenvalue weighted by Gasteiger charge is 2.27. The molecule has 0 fully saturated rings. The molecule has 0 aliphatic carbocycles. The number of hydrogen-bond acceptors (Lipinski definition) is 6. The average molecular weight is 509 g/mol. The van der Waals surface area contributed by atoms with Crippen LogP contribution in [0.1, 0.15) is 36.7 Å². The van der Waals surface area contributed by atoms with E-state index in [4.69, 9.17) is 18.9 Å². The first kappa shape index (κ1) is 25.8. The number of benzene rings is 3. The minimum Gasteiger partial charge on any atom is -0.490 e. The number of amides is 2. The molecule has 9 heteroatoms. The predicted molar refractivity (Wildman–Crippen MR) is 137 cm³/mol. The standard InChI is InChI=1S/C28H29FN2O6/c1-4-34-24-13-19(14-25(35-5-2)27(24)36-6-3)28(33)30-20-11-12-23-22(15-20)31(26(32)17-37-23)16-18-9-7-8-10-21(18)29/h7-15H,4-6,16-17H2,1-3H3,(H,30,33). The minimum absolute atomic E-state index is 0.0353. The second-order valence-electron chi connectivity index (χ2n) is 8.10. The van der Waals surface area contributed by atoms with E-state index in [1.54, 1.807) is 48.5 Å². The van der Waals surface area contributed by atoms with Crippen LogP contribution in [-0.2, 0) is 11.3 Å². The van der Waals surface area contributed by atoms with E-state index in [9.17, 15) is 14.0 Å². The summed E-state index contributed by atoms with van der Waals surface area (Å²) in [5.41, 5.74) is 1.56. The number of carbonyl (C=O) groups excluding carboxylic acids is 2. The molecular formula is C28H29FN2O6. The van der Waals surface area contributed by atoms with Crippen molar-refractivity contribution in [3.8, 4) is 23.0 Å². The average Bonchev–Trinajstić information content (AvgIpc) is 2.89. The maximum atomic E-state index is 14.3. The second kappa shape index (κ2) is 11.6. The Bertz CT molecular complexity index is 1270. The number of carbonyl (C=O) groups is 2. The molecule has 0 saturated heterocycles. The summed E-state index contributed by atoms with van der Waals surface area (Å²) in [4.78, 5) is 27.3. The summed E-state index contributed by atoms with van der Waals surface area (Å²) in [6, 6.07) is 14.5. The molecule has 1 aliphatic heterocycles. The van der Waals surface area contributed by atoms with E-state index in [0.29, 0.717) is 65.3 Å². The molecule has 1 heterocycles. The van der Waals surface area contributed by atoms with Crippen LogP contribution in [0.15, 0.2) is 54.6 Å². The summed E-state index contributed by atoms with van der Waals surface area (Å²) in [5, 5.41) is 2.85. The molecular weight excluding hydrogens is 479 g/mol. The summed E-state index contributed by atoms with van der Waals surface area (Å²) in [6.45, 7) is 6.59. The Balaban J connectivity index is 1.63. The molecule has 194 valence electrons. The number of ether oxygens (including phenoxy) is 4. The molecule has 0 aromatic heterocycles. The number of nitrogens with one attached hydrogen (secondary N) is 1. The first-order valence-electron chi connectivity index (χ1n) is 12.1. The van der Waals surface area contributed by atoms with Gasteiger partial charge in [0.25, 0.3) is 11.8 Å². The van der Waals surface area contributed by atoms with Gasteiger partial charge >= 0.3 is 0 Å². The number of rotatable bonds is 10. The van der Waals surface area contributed by atoms with Gasteiger partial charge in [0.05, 0.1) is 32.1 Å². The van der Waals surface area contributed by atoms with Crippen LogP contribution in [0.3, 0.4) is 0 Å². The molecule has 3 aromatic rings. The lowest BCUT2D eigenvalue weighted by atomic mass is 10.1. The third-order valence-corrected chi connectivity index (χ3v) is 5.62. The molecule has 2 amide bonds. The normalized spacial score (nSPS) is 12.4. The van der Waals surface area contributed by atoms with E-state index in [1.807, 2.05) is 20.8 Å². The van der Waals surface area contributed by atoms with Gasteiger partial charge in [-0.05, 0) is 57.2 Å². The Kier molecular flexibility index (Phi) is 8.12. The van der Waals surface area contributed by atoms with Crippen molar-refractivity contribution in [2.24, 2.45) is 0 Å². The van der Waals surface area contributed by atoms with Crippen LogP contribution in [0.5, 0.6) is 23.0 Å². The molecule has 0 spiro atoms. The highest BCUT2D eigenvalue weighted by Crippen LogP contribution is 2.40. The van der Waals surface area contributed by atoms with E-state index in [2.05, 4.69) is 5.32 Å². The fraction of sp³-hybridized carbons (Fsp3) is 0.286. The third kappa shape index (κ3) is 5.77. The van der Waals surface area contributed by atoms with Crippen LogP contribution >= 0.6 is 0 Å². The fourth-order valence-corrected chi connectivity index (χ4v) is 3.97. The quantitative estimate of drug-likeness (QED) is 0.405. The monoisotopic (exact) mass is 508 g/mol. The summed E-state index contributed by atoms with van der Waals surface area (Å²) < 4.78 is 37.0. The molecule has 8 nitrogen and oxygen atoms in total. The molecule has 1 N–H and O–H groups in total. The highest BCUT2D eigenvalue weighted by atomic mass is 19.1. The van der Waals surface area contributed by atoms with Crippen molar-refractivity contribution < 1.29 is 32.9 Å². The van der Waals surface area contributed by atoms with E-state index in [0.717, 1.165) is 0 Å². The maximum Gasteiger partial charge on any atom is 0.265 e.